The van der Waals surface area contributed by atoms with E-state index in [-0.39, 0.29) is 11.8 Å². The summed E-state index contributed by atoms with van der Waals surface area (Å²) in [6, 6.07) is 13.2. The lowest BCUT2D eigenvalue weighted by atomic mass is 10.1. The molecule has 0 saturated carbocycles. The third-order valence-corrected chi connectivity index (χ3v) is 4.91. The number of amides is 2. The van der Waals surface area contributed by atoms with Crippen LogP contribution < -0.4 is 0 Å². The summed E-state index contributed by atoms with van der Waals surface area (Å²) in [7, 11) is 0. The minimum Gasteiger partial charge on any atom is -0.274 e. The van der Waals surface area contributed by atoms with Crippen LogP contribution in [-0.4, -0.2) is 23.3 Å². The number of hydrogen-bond donors (Lipinski definition) is 0. The molecule has 0 spiro atoms. The minimum absolute atomic E-state index is 0.305. The van der Waals surface area contributed by atoms with Crippen molar-refractivity contribution >= 4 is 35.0 Å². The predicted molar refractivity (Wildman–Crippen MR) is 112 cm³/mol. The zero-order valence-electron chi connectivity index (χ0n) is 15.6. The van der Waals surface area contributed by atoms with Gasteiger partial charge in [0.05, 0.1) is 0 Å². The van der Waals surface area contributed by atoms with Gasteiger partial charge in [-0.05, 0) is 55.0 Å². The van der Waals surface area contributed by atoms with Crippen molar-refractivity contribution in [3.8, 4) is 0 Å². The van der Waals surface area contributed by atoms with Crippen LogP contribution in [0.15, 0.2) is 48.5 Å². The smallest absolute Gasteiger partial charge is 0.260 e. The molecule has 0 unspecified atom stereocenters. The Labute approximate surface area is 171 Å². The van der Waals surface area contributed by atoms with Crippen LogP contribution >= 0.6 is 23.2 Å². The minimum atomic E-state index is -0.305. The van der Waals surface area contributed by atoms with Crippen molar-refractivity contribution in [3.05, 3.63) is 69.7 Å². The predicted octanol–water partition coefficient (Wildman–Crippen LogP) is 6.64. The van der Waals surface area contributed by atoms with Crippen LogP contribution in [0.3, 0.4) is 0 Å². The number of carbonyl (C=O) groups is 2. The van der Waals surface area contributed by atoms with Gasteiger partial charge in [0.1, 0.15) is 0 Å². The molecule has 0 fully saturated rings. The first kappa shape index (κ1) is 21.5. The number of unbranched alkanes of at least 4 members (excludes halogenated alkanes) is 5. The summed E-state index contributed by atoms with van der Waals surface area (Å²) in [4.78, 5) is 27.2. The molecule has 0 saturated heterocycles. The quantitative estimate of drug-likeness (QED) is 0.346. The largest absolute Gasteiger partial charge is 0.274 e. The van der Waals surface area contributed by atoms with Crippen molar-refractivity contribution in [3.63, 3.8) is 0 Å². The van der Waals surface area contributed by atoms with Gasteiger partial charge >= 0.3 is 0 Å². The molecule has 27 heavy (non-hydrogen) atoms. The molecular weight excluding hydrogens is 381 g/mol. The summed E-state index contributed by atoms with van der Waals surface area (Å²) in [6.45, 7) is 2.58. The first-order valence-electron chi connectivity index (χ1n) is 9.40. The number of carbonyl (C=O) groups excluding carboxylic acids is 2. The Morgan fingerprint density at radius 2 is 1.11 bits per heavy atom. The van der Waals surface area contributed by atoms with E-state index in [0.717, 1.165) is 19.3 Å². The summed E-state index contributed by atoms with van der Waals surface area (Å²) in [5.41, 5.74) is 0.903. The molecule has 0 atom stereocenters. The molecule has 0 bridgehead atoms. The molecule has 0 aliphatic rings. The molecule has 0 heterocycles. The van der Waals surface area contributed by atoms with Gasteiger partial charge in [-0.1, -0.05) is 62.2 Å². The zero-order chi connectivity index (χ0) is 19.6. The number of benzene rings is 2. The van der Waals surface area contributed by atoms with Crippen molar-refractivity contribution in [2.45, 2.75) is 45.4 Å². The SMILES string of the molecule is CCCCCCCCN(C(=O)c1ccc(Cl)cc1)C(=O)c1ccc(Cl)cc1. The van der Waals surface area contributed by atoms with E-state index in [9.17, 15) is 9.59 Å². The third-order valence-electron chi connectivity index (χ3n) is 4.41. The van der Waals surface area contributed by atoms with E-state index < -0.39 is 0 Å². The molecule has 144 valence electrons. The molecule has 2 aromatic rings. The molecule has 3 nitrogen and oxygen atoms in total. The highest BCUT2D eigenvalue weighted by Gasteiger charge is 2.23. The Bertz CT molecular complexity index is 684. The van der Waals surface area contributed by atoms with Gasteiger partial charge in [0.25, 0.3) is 11.8 Å². The van der Waals surface area contributed by atoms with Gasteiger partial charge in [-0.25, -0.2) is 0 Å². The summed E-state index contributed by atoms with van der Waals surface area (Å²) in [6.07, 6.45) is 6.51. The number of imide groups is 1. The molecule has 2 amide bonds. The second kappa shape index (κ2) is 11.1. The normalized spacial score (nSPS) is 10.6. The fraction of sp³-hybridized carbons (Fsp3) is 0.364. The van der Waals surface area contributed by atoms with E-state index >= 15 is 0 Å². The number of rotatable bonds is 9. The lowest BCUT2D eigenvalue weighted by Gasteiger charge is -2.21. The second-order valence-electron chi connectivity index (χ2n) is 6.54. The summed E-state index contributed by atoms with van der Waals surface area (Å²) in [5, 5.41) is 1.11. The van der Waals surface area contributed by atoms with Crippen LogP contribution in [0.4, 0.5) is 0 Å². The summed E-state index contributed by atoms with van der Waals surface area (Å²) in [5.74, 6) is -0.611. The van der Waals surface area contributed by atoms with E-state index in [1.165, 1.54) is 24.2 Å². The van der Waals surface area contributed by atoms with Gasteiger partial charge in [0.2, 0.25) is 0 Å². The van der Waals surface area contributed by atoms with Crippen LogP contribution in [0.5, 0.6) is 0 Å². The fourth-order valence-corrected chi connectivity index (χ4v) is 3.09. The van der Waals surface area contributed by atoms with Gasteiger partial charge in [0.15, 0.2) is 0 Å². The lowest BCUT2D eigenvalue weighted by Crippen LogP contribution is -2.37. The average molecular weight is 406 g/mol. The molecule has 0 aliphatic carbocycles. The van der Waals surface area contributed by atoms with Gasteiger partial charge in [-0.2, -0.15) is 0 Å². The summed E-state index contributed by atoms with van der Waals surface area (Å²) >= 11 is 11.8. The van der Waals surface area contributed by atoms with Crippen molar-refractivity contribution < 1.29 is 9.59 Å². The van der Waals surface area contributed by atoms with Crippen molar-refractivity contribution in [2.75, 3.05) is 6.54 Å². The second-order valence-corrected chi connectivity index (χ2v) is 7.42. The Morgan fingerprint density at radius 1 is 0.704 bits per heavy atom. The van der Waals surface area contributed by atoms with Crippen molar-refractivity contribution in [1.82, 2.24) is 4.90 Å². The number of nitrogens with zero attached hydrogens (tertiary/aromatic N) is 1. The molecule has 0 radical (unpaired) electrons. The Balaban J connectivity index is 2.11. The highest BCUT2D eigenvalue weighted by atomic mass is 35.5. The van der Waals surface area contributed by atoms with Crippen molar-refractivity contribution in [1.29, 1.82) is 0 Å². The Kier molecular flexibility index (Phi) is 8.83. The Hall–Kier alpha value is -1.84. The van der Waals surface area contributed by atoms with Gasteiger partial charge in [-0.3, -0.25) is 14.5 Å². The first-order chi connectivity index (χ1) is 13.0. The first-order valence-corrected chi connectivity index (χ1v) is 10.2. The molecule has 0 aromatic heterocycles. The van der Waals surface area contributed by atoms with E-state index in [2.05, 4.69) is 6.92 Å². The maximum Gasteiger partial charge on any atom is 0.260 e. The third kappa shape index (κ3) is 6.67. The van der Waals surface area contributed by atoms with Crippen LogP contribution in [0.2, 0.25) is 10.0 Å². The highest BCUT2D eigenvalue weighted by molar-refractivity contribution is 6.31. The molecule has 0 aliphatic heterocycles. The van der Waals surface area contributed by atoms with Gasteiger partial charge < -0.3 is 0 Å². The van der Waals surface area contributed by atoms with Gasteiger partial charge in [-0.15, -0.1) is 0 Å². The molecule has 2 aromatic carbocycles. The van der Waals surface area contributed by atoms with Crippen LogP contribution in [-0.2, 0) is 0 Å². The monoisotopic (exact) mass is 405 g/mol. The lowest BCUT2D eigenvalue weighted by molar-refractivity contribution is 0.0613. The number of halogens is 2. The standard InChI is InChI=1S/C22H25Cl2NO2/c1-2-3-4-5-6-7-16-25(21(26)17-8-12-19(23)13-9-17)22(27)18-10-14-20(24)15-11-18/h8-15H,2-7,16H2,1H3. The topological polar surface area (TPSA) is 37.4 Å². The van der Waals surface area contributed by atoms with E-state index in [1.54, 1.807) is 48.5 Å². The maximum atomic E-state index is 12.9. The van der Waals surface area contributed by atoms with E-state index in [1.807, 2.05) is 0 Å². The van der Waals surface area contributed by atoms with Crippen LogP contribution in [0.1, 0.15) is 66.2 Å². The number of hydrogen-bond acceptors (Lipinski definition) is 2. The summed E-state index contributed by atoms with van der Waals surface area (Å²) < 4.78 is 0. The molecule has 0 N–H and O–H groups in total. The van der Waals surface area contributed by atoms with Crippen molar-refractivity contribution in [2.24, 2.45) is 0 Å². The highest BCUT2D eigenvalue weighted by Crippen LogP contribution is 2.17. The molecular formula is C22H25Cl2NO2. The Morgan fingerprint density at radius 3 is 1.56 bits per heavy atom. The van der Waals surface area contributed by atoms with E-state index in [4.69, 9.17) is 23.2 Å². The average Bonchev–Trinajstić information content (AvgIpc) is 2.68. The zero-order valence-corrected chi connectivity index (χ0v) is 17.1. The van der Waals surface area contributed by atoms with E-state index in [0.29, 0.717) is 27.7 Å². The maximum absolute atomic E-state index is 12.9. The molecule has 2 rings (SSSR count). The fourth-order valence-electron chi connectivity index (χ4n) is 2.84. The van der Waals surface area contributed by atoms with Gasteiger partial charge in [0, 0.05) is 27.7 Å². The molecule has 5 heteroatoms. The van der Waals surface area contributed by atoms with Crippen LogP contribution in [0.25, 0.3) is 0 Å². The van der Waals surface area contributed by atoms with Crippen LogP contribution in [0, 0.1) is 0 Å².